The average Bonchev–Trinajstić information content (AvgIpc) is 3.21. The van der Waals surface area contributed by atoms with Crippen molar-refractivity contribution in [3.63, 3.8) is 0 Å². The summed E-state index contributed by atoms with van der Waals surface area (Å²) in [6, 6.07) is 5.86. The van der Waals surface area contributed by atoms with E-state index in [2.05, 4.69) is 28.8 Å². The van der Waals surface area contributed by atoms with Crippen LogP contribution in [-0.2, 0) is 0 Å². The second kappa shape index (κ2) is 7.91. The molecule has 1 aliphatic carbocycles. The van der Waals surface area contributed by atoms with Gasteiger partial charge in [0, 0.05) is 24.0 Å². The van der Waals surface area contributed by atoms with E-state index in [1.165, 1.54) is 0 Å². The van der Waals surface area contributed by atoms with E-state index in [0.717, 1.165) is 46.6 Å². The predicted molar refractivity (Wildman–Crippen MR) is 122 cm³/mol. The standard InChI is InChI=1S/C23H28N6O/c1-6-16-13-17(20(24)19-14(2)15(3)25-21(16)19)26-22-18-9-7-8-10-29(18)27-23(22)30-12-11-28(4)5/h7-10,13,24-25H,6,11-12H2,1-5H3/b24-20?,26-17+. The molecule has 156 valence electrons. The van der Waals surface area contributed by atoms with Crippen LogP contribution in [0.5, 0.6) is 5.88 Å². The van der Waals surface area contributed by atoms with Crippen molar-refractivity contribution >= 4 is 28.2 Å². The first-order chi connectivity index (χ1) is 14.4. The number of fused-ring (bicyclic) bond motifs is 2. The van der Waals surface area contributed by atoms with Gasteiger partial charge >= 0.3 is 0 Å². The molecule has 0 aliphatic heterocycles. The molecule has 0 bridgehead atoms. The summed E-state index contributed by atoms with van der Waals surface area (Å²) in [4.78, 5) is 10.4. The van der Waals surface area contributed by atoms with Crippen molar-refractivity contribution in [3.05, 3.63) is 53.0 Å². The molecule has 30 heavy (non-hydrogen) atoms. The van der Waals surface area contributed by atoms with E-state index >= 15 is 0 Å². The Morgan fingerprint density at radius 2 is 2.07 bits per heavy atom. The second-order valence-electron chi connectivity index (χ2n) is 7.86. The summed E-state index contributed by atoms with van der Waals surface area (Å²) in [5, 5.41) is 13.4. The molecule has 0 atom stereocenters. The highest BCUT2D eigenvalue weighted by Gasteiger charge is 2.26. The molecule has 4 rings (SSSR count). The van der Waals surface area contributed by atoms with Crippen molar-refractivity contribution in [2.75, 3.05) is 27.2 Å². The van der Waals surface area contributed by atoms with Crippen LogP contribution in [-0.4, -0.2) is 58.2 Å². The lowest BCUT2D eigenvalue weighted by atomic mass is 9.90. The van der Waals surface area contributed by atoms with Crippen LogP contribution in [0.15, 0.2) is 35.5 Å². The normalized spacial score (nSPS) is 15.2. The molecule has 0 amide bonds. The van der Waals surface area contributed by atoms with E-state index < -0.39 is 0 Å². The SMILES string of the molecule is CCC1=C/C(=N\c2c(OCCN(C)C)nn3ccccc23)C(=N)c2c1[nH]c(C)c2C. The maximum absolute atomic E-state index is 8.85. The van der Waals surface area contributed by atoms with Gasteiger partial charge in [0.05, 0.1) is 22.6 Å². The maximum Gasteiger partial charge on any atom is 0.260 e. The van der Waals surface area contributed by atoms with E-state index in [4.69, 9.17) is 15.1 Å². The van der Waals surface area contributed by atoms with E-state index in [-0.39, 0.29) is 0 Å². The van der Waals surface area contributed by atoms with Gasteiger partial charge in [-0.25, -0.2) is 9.51 Å². The maximum atomic E-state index is 8.85. The first-order valence-electron chi connectivity index (χ1n) is 10.2. The summed E-state index contributed by atoms with van der Waals surface area (Å²) in [5.74, 6) is 0.488. The number of aliphatic imine (C=N–C) groups is 1. The molecule has 0 saturated heterocycles. The number of aromatic nitrogens is 3. The number of aryl methyl sites for hydroxylation is 1. The number of rotatable bonds is 6. The zero-order chi connectivity index (χ0) is 21.4. The van der Waals surface area contributed by atoms with Crippen molar-refractivity contribution in [1.82, 2.24) is 19.5 Å². The lowest BCUT2D eigenvalue weighted by Gasteiger charge is -2.16. The van der Waals surface area contributed by atoms with Gasteiger partial charge in [-0.1, -0.05) is 13.0 Å². The van der Waals surface area contributed by atoms with Crippen molar-refractivity contribution < 1.29 is 4.74 Å². The topological polar surface area (TPSA) is 81.8 Å². The molecule has 0 unspecified atom stereocenters. The van der Waals surface area contributed by atoms with Crippen molar-refractivity contribution in [3.8, 4) is 5.88 Å². The summed E-state index contributed by atoms with van der Waals surface area (Å²) < 4.78 is 7.76. The fourth-order valence-corrected chi connectivity index (χ4v) is 3.69. The number of pyridine rings is 1. The minimum atomic E-state index is 0.429. The quantitative estimate of drug-likeness (QED) is 0.647. The molecule has 2 N–H and O–H groups in total. The van der Waals surface area contributed by atoms with Gasteiger partial charge < -0.3 is 14.6 Å². The van der Waals surface area contributed by atoms with Gasteiger partial charge in [0.2, 0.25) is 0 Å². The van der Waals surface area contributed by atoms with Gasteiger partial charge in [0.1, 0.15) is 6.61 Å². The Bertz CT molecular complexity index is 1180. The molecule has 3 aromatic rings. The third-order valence-corrected chi connectivity index (χ3v) is 5.51. The number of nitrogens with zero attached hydrogens (tertiary/aromatic N) is 4. The summed E-state index contributed by atoms with van der Waals surface area (Å²) in [7, 11) is 4.01. The van der Waals surface area contributed by atoms with Crippen LogP contribution in [0.3, 0.4) is 0 Å². The zero-order valence-corrected chi connectivity index (χ0v) is 18.2. The Hall–Kier alpha value is -3.19. The lowest BCUT2D eigenvalue weighted by molar-refractivity contribution is 0.254. The Morgan fingerprint density at radius 3 is 2.80 bits per heavy atom. The van der Waals surface area contributed by atoms with Gasteiger partial charge in [0.15, 0.2) is 5.69 Å². The summed E-state index contributed by atoms with van der Waals surface area (Å²) in [6.45, 7) is 7.53. The number of aromatic amines is 1. The monoisotopic (exact) mass is 404 g/mol. The molecule has 3 heterocycles. The van der Waals surface area contributed by atoms with Crippen LogP contribution >= 0.6 is 0 Å². The Balaban J connectivity index is 1.82. The molecule has 0 saturated carbocycles. The summed E-state index contributed by atoms with van der Waals surface area (Å²) >= 11 is 0. The number of hydrogen-bond acceptors (Lipinski definition) is 5. The molecule has 7 heteroatoms. The lowest BCUT2D eigenvalue weighted by Crippen LogP contribution is -2.20. The van der Waals surface area contributed by atoms with Crippen LogP contribution in [0.25, 0.3) is 11.1 Å². The van der Waals surface area contributed by atoms with Crippen LogP contribution < -0.4 is 4.74 Å². The molecule has 0 spiro atoms. The fourth-order valence-electron chi connectivity index (χ4n) is 3.69. The third-order valence-electron chi connectivity index (χ3n) is 5.51. The van der Waals surface area contributed by atoms with Crippen molar-refractivity contribution in [1.29, 1.82) is 5.41 Å². The minimum Gasteiger partial charge on any atom is -0.474 e. The number of allylic oxidation sites excluding steroid dienone is 2. The Morgan fingerprint density at radius 1 is 1.27 bits per heavy atom. The molecule has 1 aliphatic rings. The van der Waals surface area contributed by atoms with Gasteiger partial charge in [0.25, 0.3) is 5.88 Å². The number of nitrogens with one attached hydrogen (secondary N) is 2. The van der Waals surface area contributed by atoms with Crippen LogP contribution in [0, 0.1) is 19.3 Å². The van der Waals surface area contributed by atoms with Gasteiger partial charge in [-0.15, -0.1) is 5.10 Å². The van der Waals surface area contributed by atoms with Crippen LogP contribution in [0.2, 0.25) is 0 Å². The van der Waals surface area contributed by atoms with E-state index in [9.17, 15) is 0 Å². The van der Waals surface area contributed by atoms with Crippen LogP contribution in [0.4, 0.5) is 5.69 Å². The Labute approximate surface area is 176 Å². The molecule has 7 nitrogen and oxygen atoms in total. The predicted octanol–water partition coefficient (Wildman–Crippen LogP) is 4.17. The first kappa shape index (κ1) is 20.1. The third kappa shape index (κ3) is 3.45. The number of likely N-dealkylation sites (N-methyl/N-ethyl adjacent to an activating group) is 1. The minimum absolute atomic E-state index is 0.429. The van der Waals surface area contributed by atoms with Crippen molar-refractivity contribution in [2.45, 2.75) is 27.2 Å². The molecule has 3 aromatic heterocycles. The van der Waals surface area contributed by atoms with Crippen molar-refractivity contribution in [2.24, 2.45) is 4.99 Å². The van der Waals surface area contributed by atoms with E-state index in [1.54, 1.807) is 4.52 Å². The molecule has 0 fully saturated rings. The zero-order valence-electron chi connectivity index (χ0n) is 18.2. The number of H-pyrrole nitrogens is 1. The molecular weight excluding hydrogens is 376 g/mol. The smallest absolute Gasteiger partial charge is 0.260 e. The highest BCUT2D eigenvalue weighted by molar-refractivity contribution is 6.54. The molecule has 0 radical (unpaired) electrons. The van der Waals surface area contributed by atoms with E-state index in [1.807, 2.05) is 51.5 Å². The molecule has 0 aromatic carbocycles. The van der Waals surface area contributed by atoms with Gasteiger partial charge in [-0.3, -0.25) is 5.41 Å². The molecular formula is C23H28N6O. The second-order valence-corrected chi connectivity index (χ2v) is 7.86. The number of hydrogen-bond donors (Lipinski definition) is 2. The fraction of sp³-hybridized carbons (Fsp3) is 0.348. The Kier molecular flexibility index (Phi) is 5.30. The van der Waals surface area contributed by atoms with Gasteiger partial charge in [-0.05, 0) is 63.7 Å². The average molecular weight is 405 g/mol. The van der Waals surface area contributed by atoms with Crippen LogP contribution in [0.1, 0.15) is 35.9 Å². The van der Waals surface area contributed by atoms with E-state index in [0.29, 0.717) is 29.6 Å². The van der Waals surface area contributed by atoms with Gasteiger partial charge in [-0.2, -0.15) is 0 Å². The largest absolute Gasteiger partial charge is 0.474 e. The first-order valence-corrected chi connectivity index (χ1v) is 10.2. The number of ether oxygens (including phenoxy) is 1. The highest BCUT2D eigenvalue weighted by atomic mass is 16.5. The summed E-state index contributed by atoms with van der Waals surface area (Å²) in [5.41, 5.74) is 7.92. The highest BCUT2D eigenvalue weighted by Crippen LogP contribution is 2.35. The summed E-state index contributed by atoms with van der Waals surface area (Å²) in [6.07, 6.45) is 4.75.